The number of hydrogen-bond donors (Lipinski definition) is 1. The summed E-state index contributed by atoms with van der Waals surface area (Å²) in [6, 6.07) is 13.1. The van der Waals surface area contributed by atoms with Gasteiger partial charge in [0.1, 0.15) is 6.04 Å². The molecule has 1 amide bonds. The topological polar surface area (TPSA) is 87.4 Å². The predicted octanol–water partition coefficient (Wildman–Crippen LogP) is 1.05. The van der Waals surface area contributed by atoms with Gasteiger partial charge in [0.05, 0.1) is 6.26 Å². The van der Waals surface area contributed by atoms with Crippen molar-refractivity contribution in [3.05, 3.63) is 65.5 Å². The Hall–Kier alpha value is -2.42. The van der Waals surface area contributed by atoms with Crippen molar-refractivity contribution in [2.24, 2.45) is 0 Å². The minimum absolute atomic E-state index is 0.00952. The average Bonchev–Trinajstić information content (AvgIpc) is 3.26. The number of nitrogens with zero attached hydrogens (tertiary/aromatic N) is 2. The van der Waals surface area contributed by atoms with E-state index >= 15 is 0 Å². The Balaban J connectivity index is 1.48. The monoisotopic (exact) mass is 404 g/mol. The second-order valence-corrected chi connectivity index (χ2v) is 8.60. The third-order valence-electron chi connectivity index (χ3n) is 4.82. The summed E-state index contributed by atoms with van der Waals surface area (Å²) in [6.07, 6.45) is 3.21. The molecular weight excluding hydrogens is 378 g/mol. The van der Waals surface area contributed by atoms with Crippen molar-refractivity contribution in [2.45, 2.75) is 13.0 Å². The Morgan fingerprint density at radius 1 is 1.14 bits per heavy atom. The highest BCUT2D eigenvalue weighted by atomic mass is 32.2. The molecule has 1 saturated heterocycles. The SMILES string of the molecule is C[C@H]([NH2+]CC(=O)N1CCN(S(=O)(=O)/C=C/c2ccccc2)CC1)c1ccco1. The number of hydrogen-bond acceptors (Lipinski definition) is 4. The molecule has 3 rings (SSSR count). The first-order chi connectivity index (χ1) is 13.5. The molecule has 7 nitrogen and oxygen atoms in total. The van der Waals surface area contributed by atoms with Gasteiger partial charge in [-0.05, 0) is 30.7 Å². The fourth-order valence-corrected chi connectivity index (χ4v) is 4.25. The van der Waals surface area contributed by atoms with E-state index in [-0.39, 0.29) is 11.9 Å². The first-order valence-corrected chi connectivity index (χ1v) is 10.8. The third kappa shape index (κ3) is 5.31. The van der Waals surface area contributed by atoms with Crippen molar-refractivity contribution in [1.82, 2.24) is 9.21 Å². The molecule has 0 unspecified atom stereocenters. The molecule has 1 aromatic heterocycles. The zero-order valence-electron chi connectivity index (χ0n) is 15.9. The summed E-state index contributed by atoms with van der Waals surface area (Å²) >= 11 is 0. The van der Waals surface area contributed by atoms with E-state index in [1.165, 1.54) is 9.71 Å². The van der Waals surface area contributed by atoms with Gasteiger partial charge in [-0.1, -0.05) is 30.3 Å². The number of quaternary nitrogens is 1. The number of carbonyl (C=O) groups excluding carboxylic acids is 1. The van der Waals surface area contributed by atoms with Crippen LogP contribution in [0.25, 0.3) is 6.08 Å². The number of sulfonamides is 1. The Kier molecular flexibility index (Phi) is 6.66. The molecule has 28 heavy (non-hydrogen) atoms. The lowest BCUT2D eigenvalue weighted by atomic mass is 10.2. The highest BCUT2D eigenvalue weighted by molar-refractivity contribution is 7.92. The normalized spacial score (nSPS) is 17.1. The number of benzene rings is 1. The molecule has 0 bridgehead atoms. The van der Waals surface area contributed by atoms with Gasteiger partial charge in [-0.3, -0.25) is 4.79 Å². The molecule has 0 saturated carbocycles. The molecule has 1 atom stereocenters. The van der Waals surface area contributed by atoms with Crippen LogP contribution in [0.2, 0.25) is 0 Å². The maximum absolute atomic E-state index is 12.5. The Labute approximate surface area is 165 Å². The van der Waals surface area contributed by atoms with E-state index in [1.807, 2.05) is 54.7 Å². The van der Waals surface area contributed by atoms with Gasteiger partial charge in [-0.25, -0.2) is 8.42 Å². The summed E-state index contributed by atoms with van der Waals surface area (Å²) in [5, 5.41) is 3.16. The van der Waals surface area contributed by atoms with Crippen LogP contribution in [0.3, 0.4) is 0 Å². The summed E-state index contributed by atoms with van der Waals surface area (Å²) in [6.45, 7) is 3.71. The minimum atomic E-state index is -3.49. The van der Waals surface area contributed by atoms with E-state index in [4.69, 9.17) is 4.42 Å². The van der Waals surface area contributed by atoms with Crippen LogP contribution in [0.5, 0.6) is 0 Å². The van der Waals surface area contributed by atoms with Crippen LogP contribution in [0, 0.1) is 0 Å². The number of carbonyl (C=O) groups is 1. The summed E-state index contributed by atoms with van der Waals surface area (Å²) < 4.78 is 31.8. The molecule has 2 aromatic rings. The molecule has 0 radical (unpaired) electrons. The lowest BCUT2D eigenvalue weighted by Crippen LogP contribution is -2.87. The average molecular weight is 405 g/mol. The van der Waals surface area contributed by atoms with Crippen LogP contribution in [-0.4, -0.2) is 56.3 Å². The number of rotatable bonds is 7. The standard InChI is InChI=1S/C20H25N3O4S/c1-17(19-8-5-14-27-19)21-16-20(24)22-10-12-23(13-11-22)28(25,26)15-9-18-6-3-2-4-7-18/h2-9,14-15,17,21H,10-13,16H2,1H3/p+1/b15-9+/t17-/m0/s1. The van der Waals surface area contributed by atoms with Gasteiger partial charge in [0, 0.05) is 31.6 Å². The fraction of sp³-hybridized carbons (Fsp3) is 0.350. The van der Waals surface area contributed by atoms with Crippen LogP contribution >= 0.6 is 0 Å². The summed E-state index contributed by atoms with van der Waals surface area (Å²) in [4.78, 5) is 14.1. The first-order valence-electron chi connectivity index (χ1n) is 9.33. The second-order valence-electron chi connectivity index (χ2n) is 6.78. The van der Waals surface area contributed by atoms with Crippen molar-refractivity contribution in [1.29, 1.82) is 0 Å². The lowest BCUT2D eigenvalue weighted by molar-refractivity contribution is -0.685. The summed E-state index contributed by atoms with van der Waals surface area (Å²) in [5.74, 6) is 0.837. The lowest BCUT2D eigenvalue weighted by Gasteiger charge is -2.33. The fourth-order valence-electron chi connectivity index (χ4n) is 3.08. The van der Waals surface area contributed by atoms with E-state index in [0.29, 0.717) is 32.7 Å². The Bertz CT molecular complexity index is 887. The Morgan fingerprint density at radius 3 is 2.50 bits per heavy atom. The predicted molar refractivity (Wildman–Crippen MR) is 106 cm³/mol. The summed E-state index contributed by atoms with van der Waals surface area (Å²) in [5.41, 5.74) is 0.834. The molecule has 2 N–H and O–H groups in total. The van der Waals surface area contributed by atoms with Crippen molar-refractivity contribution in [3.63, 3.8) is 0 Å². The zero-order chi connectivity index (χ0) is 20.0. The van der Waals surface area contributed by atoms with Crippen LogP contribution in [0.1, 0.15) is 24.3 Å². The van der Waals surface area contributed by atoms with Crippen molar-refractivity contribution in [2.75, 3.05) is 32.7 Å². The second kappa shape index (κ2) is 9.18. The highest BCUT2D eigenvalue weighted by Gasteiger charge is 2.28. The summed E-state index contributed by atoms with van der Waals surface area (Å²) in [7, 11) is -3.49. The zero-order valence-corrected chi connectivity index (χ0v) is 16.7. The first kappa shape index (κ1) is 20.3. The molecule has 1 aliphatic rings. The molecule has 1 fully saturated rings. The number of piperazine rings is 1. The third-order valence-corrected chi connectivity index (χ3v) is 6.39. The van der Waals surface area contributed by atoms with Gasteiger partial charge in [0.25, 0.3) is 5.91 Å². The van der Waals surface area contributed by atoms with Crippen LogP contribution in [0.4, 0.5) is 0 Å². The molecule has 0 aliphatic carbocycles. The molecule has 150 valence electrons. The largest absolute Gasteiger partial charge is 0.463 e. The maximum atomic E-state index is 12.5. The molecule has 0 spiro atoms. The molecule has 8 heteroatoms. The quantitative estimate of drug-likeness (QED) is 0.747. The Morgan fingerprint density at radius 2 is 1.86 bits per heavy atom. The van der Waals surface area contributed by atoms with Gasteiger partial charge >= 0.3 is 0 Å². The van der Waals surface area contributed by atoms with E-state index < -0.39 is 10.0 Å². The van der Waals surface area contributed by atoms with Crippen LogP contribution < -0.4 is 5.32 Å². The van der Waals surface area contributed by atoms with Gasteiger partial charge in [0.2, 0.25) is 10.0 Å². The van der Waals surface area contributed by atoms with Gasteiger partial charge in [0.15, 0.2) is 12.3 Å². The molecule has 2 heterocycles. The van der Waals surface area contributed by atoms with Gasteiger partial charge < -0.3 is 14.6 Å². The van der Waals surface area contributed by atoms with Crippen LogP contribution in [0.15, 0.2) is 58.6 Å². The van der Waals surface area contributed by atoms with E-state index in [1.54, 1.807) is 17.2 Å². The van der Waals surface area contributed by atoms with E-state index in [9.17, 15) is 13.2 Å². The van der Waals surface area contributed by atoms with Crippen molar-refractivity contribution >= 4 is 22.0 Å². The minimum Gasteiger partial charge on any atom is -0.463 e. The van der Waals surface area contributed by atoms with Crippen molar-refractivity contribution < 1.29 is 22.9 Å². The molecular formula is C20H26N3O4S+. The number of nitrogens with two attached hydrogens (primary N) is 1. The maximum Gasteiger partial charge on any atom is 0.277 e. The van der Waals surface area contributed by atoms with Crippen LogP contribution in [-0.2, 0) is 14.8 Å². The molecule has 1 aliphatic heterocycles. The van der Waals surface area contributed by atoms with E-state index in [0.717, 1.165) is 11.3 Å². The van der Waals surface area contributed by atoms with E-state index in [2.05, 4.69) is 0 Å². The number of furan rings is 1. The van der Waals surface area contributed by atoms with Gasteiger partial charge in [-0.2, -0.15) is 4.31 Å². The van der Waals surface area contributed by atoms with Gasteiger partial charge in [-0.15, -0.1) is 0 Å². The molecule has 1 aromatic carbocycles. The smallest absolute Gasteiger partial charge is 0.277 e. The number of amides is 1. The van der Waals surface area contributed by atoms with Crippen molar-refractivity contribution in [3.8, 4) is 0 Å². The highest BCUT2D eigenvalue weighted by Crippen LogP contribution is 2.12.